The zero-order valence-corrected chi connectivity index (χ0v) is 26.2. The van der Waals surface area contributed by atoms with Crippen LogP contribution in [0.15, 0.2) is 146 Å². The Hall–Kier alpha value is -5.31. The molecule has 0 bridgehead atoms. The number of fused-ring (bicyclic) bond motifs is 8. The third-order valence-corrected chi connectivity index (χ3v) is 11.2. The first-order valence-electron chi connectivity index (χ1n) is 15.7. The molecule has 0 spiro atoms. The summed E-state index contributed by atoms with van der Waals surface area (Å²) in [5.41, 5.74) is 7.85. The summed E-state index contributed by atoms with van der Waals surface area (Å²) in [5, 5.41) is 3.79. The van der Waals surface area contributed by atoms with Crippen molar-refractivity contribution in [3.63, 3.8) is 0 Å². The molecule has 7 aromatic rings. The number of para-hydroxylation sites is 1. The maximum atomic E-state index is 15.8. The smallest absolute Gasteiger partial charge is 0.399 e. The molecule has 0 amide bonds. The Bertz CT molecular complexity index is 2220. The van der Waals surface area contributed by atoms with Gasteiger partial charge < -0.3 is 9.05 Å². The summed E-state index contributed by atoms with van der Waals surface area (Å²) < 4.78 is 31.7. The molecule has 46 heavy (non-hydrogen) atoms. The molecule has 0 N–H and O–H groups in total. The Morgan fingerprint density at radius 1 is 0.587 bits per heavy atom. The van der Waals surface area contributed by atoms with E-state index in [1.54, 1.807) is 0 Å². The van der Waals surface area contributed by atoms with Gasteiger partial charge >= 0.3 is 7.75 Å². The van der Waals surface area contributed by atoms with Gasteiger partial charge in [-0.3, -0.25) is 4.67 Å². The molecule has 0 aromatic heterocycles. The van der Waals surface area contributed by atoms with Crippen molar-refractivity contribution in [1.29, 1.82) is 0 Å². The molecule has 222 valence electrons. The Morgan fingerprint density at radius 2 is 1.04 bits per heavy atom. The normalized spacial score (nSPS) is 16.2. The molecule has 1 atom stereocenters. The van der Waals surface area contributed by atoms with Crippen molar-refractivity contribution in [2.75, 3.05) is 4.67 Å². The van der Waals surface area contributed by atoms with Crippen molar-refractivity contribution in [1.82, 2.24) is 0 Å². The monoisotopic (exact) mass is 615 g/mol. The van der Waals surface area contributed by atoms with E-state index in [9.17, 15) is 0 Å². The van der Waals surface area contributed by atoms with Gasteiger partial charge in [-0.2, -0.15) is 0 Å². The van der Waals surface area contributed by atoms with Gasteiger partial charge in [-0.05, 0) is 70.1 Å². The summed E-state index contributed by atoms with van der Waals surface area (Å²) >= 11 is 0. The first kappa shape index (κ1) is 27.0. The van der Waals surface area contributed by atoms with E-state index in [0.29, 0.717) is 11.5 Å². The lowest BCUT2D eigenvalue weighted by Crippen LogP contribution is -2.30. The minimum Gasteiger partial charge on any atom is -0.399 e. The lowest BCUT2D eigenvalue weighted by Gasteiger charge is -2.31. The van der Waals surface area contributed by atoms with Gasteiger partial charge in [-0.25, -0.2) is 4.57 Å². The fraction of sp³-hybridized carbons (Fsp3) is 0.0732. The lowest BCUT2D eigenvalue weighted by atomic mass is 9.84. The van der Waals surface area contributed by atoms with E-state index in [-0.39, 0.29) is 6.04 Å². The molecule has 0 aliphatic carbocycles. The highest BCUT2D eigenvalue weighted by Gasteiger charge is 2.48. The van der Waals surface area contributed by atoms with Gasteiger partial charge in [-0.15, -0.1) is 0 Å². The van der Waals surface area contributed by atoms with Gasteiger partial charge in [0, 0.05) is 27.9 Å². The van der Waals surface area contributed by atoms with Crippen LogP contribution in [0.4, 0.5) is 5.69 Å². The maximum Gasteiger partial charge on any atom is 0.544 e. The highest BCUT2D eigenvalue weighted by molar-refractivity contribution is 7.56. The van der Waals surface area contributed by atoms with Gasteiger partial charge in [-0.1, -0.05) is 127 Å². The standard InChI is InChI=1S/C41H30NO3P/c1-27-24-32-20-10-13-23-37(32)42(27)46(43)44-40-33-21-11-8-18-30(33)25-35(28-14-4-2-5-15-28)38(40)39-36(29-16-6-3-7-17-29)26-31-19-9-12-22-34(31)41(39)45-46/h2-23,25-27H,24H2,1H3/t27-/m1/s1. The predicted octanol–water partition coefficient (Wildman–Crippen LogP) is 11.3. The lowest BCUT2D eigenvalue weighted by molar-refractivity contribution is 0.386. The number of nitrogens with zero attached hydrogens (tertiary/aromatic N) is 1. The number of hydrogen-bond donors (Lipinski definition) is 0. The van der Waals surface area contributed by atoms with Crippen LogP contribution in [-0.2, 0) is 11.0 Å². The second kappa shape index (κ2) is 10.4. The molecular formula is C41H30NO3P. The molecule has 9 rings (SSSR count). The number of rotatable bonds is 3. The van der Waals surface area contributed by atoms with E-state index >= 15 is 4.57 Å². The summed E-state index contributed by atoms with van der Waals surface area (Å²) in [6.07, 6.45) is 0.752. The summed E-state index contributed by atoms with van der Waals surface area (Å²) in [6, 6.07) is 49.7. The maximum absolute atomic E-state index is 15.8. The minimum absolute atomic E-state index is 0.0969. The van der Waals surface area contributed by atoms with E-state index in [2.05, 4.69) is 97.9 Å². The molecule has 2 aliphatic heterocycles. The van der Waals surface area contributed by atoms with Crippen LogP contribution in [0.1, 0.15) is 12.5 Å². The molecule has 0 saturated carbocycles. The van der Waals surface area contributed by atoms with Crippen molar-refractivity contribution in [3.8, 4) is 44.9 Å². The van der Waals surface area contributed by atoms with Crippen LogP contribution in [-0.4, -0.2) is 6.04 Å². The molecule has 0 radical (unpaired) electrons. The molecule has 5 heteroatoms. The molecule has 0 saturated heterocycles. The second-order valence-corrected chi connectivity index (χ2v) is 13.8. The number of hydrogen-bond acceptors (Lipinski definition) is 3. The average molecular weight is 616 g/mol. The quantitative estimate of drug-likeness (QED) is 0.185. The molecule has 2 aliphatic rings. The third kappa shape index (κ3) is 4.11. The van der Waals surface area contributed by atoms with Crippen molar-refractivity contribution < 1.29 is 13.6 Å². The topological polar surface area (TPSA) is 38.8 Å². The fourth-order valence-corrected chi connectivity index (χ4v) is 9.34. The van der Waals surface area contributed by atoms with E-state index in [4.69, 9.17) is 9.05 Å². The van der Waals surface area contributed by atoms with Crippen molar-refractivity contribution in [3.05, 3.63) is 151 Å². The molecular weight excluding hydrogens is 585 g/mol. The highest BCUT2D eigenvalue weighted by Crippen LogP contribution is 2.66. The average Bonchev–Trinajstić information content (AvgIpc) is 3.38. The minimum atomic E-state index is -4.06. The van der Waals surface area contributed by atoms with Crippen LogP contribution in [0.2, 0.25) is 0 Å². The van der Waals surface area contributed by atoms with E-state index in [1.165, 1.54) is 0 Å². The van der Waals surface area contributed by atoms with Crippen LogP contribution in [0, 0.1) is 0 Å². The fourth-order valence-electron chi connectivity index (χ4n) is 7.27. The zero-order valence-electron chi connectivity index (χ0n) is 25.3. The summed E-state index contributed by atoms with van der Waals surface area (Å²) in [7, 11) is -4.06. The van der Waals surface area contributed by atoms with Gasteiger partial charge in [0.15, 0.2) is 0 Å². The Kier molecular flexibility index (Phi) is 6.10. The van der Waals surface area contributed by atoms with Gasteiger partial charge in [0.05, 0.1) is 5.69 Å². The van der Waals surface area contributed by atoms with Crippen molar-refractivity contribution in [2.45, 2.75) is 19.4 Å². The largest absolute Gasteiger partial charge is 0.544 e. The Labute approximate surface area is 268 Å². The summed E-state index contributed by atoms with van der Waals surface area (Å²) in [6.45, 7) is 2.09. The Balaban J connectivity index is 1.47. The number of benzene rings is 7. The van der Waals surface area contributed by atoms with Crippen LogP contribution in [0.5, 0.6) is 11.5 Å². The van der Waals surface area contributed by atoms with Gasteiger partial charge in [0.1, 0.15) is 11.5 Å². The van der Waals surface area contributed by atoms with Crippen LogP contribution in [0.3, 0.4) is 0 Å². The highest BCUT2D eigenvalue weighted by atomic mass is 31.2. The summed E-state index contributed by atoms with van der Waals surface area (Å²) in [4.78, 5) is 0. The molecule has 0 unspecified atom stereocenters. The SMILES string of the molecule is C[C@@H]1Cc2ccccc2N1P1(=O)Oc2c(c(-c3ccccc3)cc3ccccc23)-c2c(-c3ccccc3)cc3ccccc3c2O1. The molecule has 4 nitrogen and oxygen atoms in total. The zero-order chi connectivity index (χ0) is 30.8. The van der Waals surface area contributed by atoms with Crippen LogP contribution >= 0.6 is 7.75 Å². The molecule has 7 aromatic carbocycles. The first-order valence-corrected chi connectivity index (χ1v) is 17.2. The van der Waals surface area contributed by atoms with E-state index in [0.717, 1.165) is 72.6 Å². The van der Waals surface area contributed by atoms with E-state index in [1.807, 2.05) is 59.3 Å². The second-order valence-electron chi connectivity index (χ2n) is 12.1. The summed E-state index contributed by atoms with van der Waals surface area (Å²) in [5.74, 6) is 1.14. The molecule has 0 fully saturated rings. The van der Waals surface area contributed by atoms with Crippen molar-refractivity contribution in [2.24, 2.45) is 0 Å². The molecule has 2 heterocycles. The van der Waals surface area contributed by atoms with E-state index < -0.39 is 7.75 Å². The number of anilines is 1. The third-order valence-electron chi connectivity index (χ3n) is 9.27. The van der Waals surface area contributed by atoms with Crippen LogP contribution < -0.4 is 13.7 Å². The Morgan fingerprint density at radius 3 is 1.59 bits per heavy atom. The first-order chi connectivity index (χ1) is 22.6. The van der Waals surface area contributed by atoms with Gasteiger partial charge in [0.25, 0.3) is 0 Å². The van der Waals surface area contributed by atoms with Crippen LogP contribution in [0.25, 0.3) is 54.9 Å². The predicted molar refractivity (Wildman–Crippen MR) is 189 cm³/mol. The van der Waals surface area contributed by atoms with Crippen molar-refractivity contribution >= 4 is 35.0 Å². The van der Waals surface area contributed by atoms with Gasteiger partial charge in [0.2, 0.25) is 0 Å².